The molecule has 0 aliphatic heterocycles. The van der Waals surface area contributed by atoms with E-state index >= 15 is 0 Å². The molecule has 0 heterocycles. The van der Waals surface area contributed by atoms with Crippen molar-refractivity contribution in [1.82, 2.24) is 0 Å². The molecule has 0 aromatic heterocycles. The highest BCUT2D eigenvalue weighted by molar-refractivity contribution is 6.36. The van der Waals surface area contributed by atoms with Gasteiger partial charge in [-0.3, -0.25) is 0 Å². The Hall–Kier alpha value is -0.240. The Morgan fingerprint density at radius 3 is 2.27 bits per heavy atom. The summed E-state index contributed by atoms with van der Waals surface area (Å²) in [5, 5.41) is 1.41. The maximum Gasteiger partial charge on any atom is 0.0453 e. The summed E-state index contributed by atoms with van der Waals surface area (Å²) in [4.78, 5) is 0. The van der Waals surface area contributed by atoms with Gasteiger partial charge in [-0.2, -0.15) is 0 Å². The van der Waals surface area contributed by atoms with Gasteiger partial charge in [0.1, 0.15) is 0 Å². The molecule has 3 heteroatoms. The Morgan fingerprint density at radius 1 is 1.27 bits per heavy atom. The predicted octanol–water partition coefficient (Wildman–Crippen LogP) is 4.05. The van der Waals surface area contributed by atoms with Gasteiger partial charge < -0.3 is 5.73 Å². The molecule has 1 nitrogen and oxygen atoms in total. The zero-order chi connectivity index (χ0) is 11.5. The lowest BCUT2D eigenvalue weighted by atomic mass is 9.89. The largest absolute Gasteiger partial charge is 0.325 e. The van der Waals surface area contributed by atoms with Crippen LogP contribution in [0.5, 0.6) is 0 Å². The van der Waals surface area contributed by atoms with Gasteiger partial charge in [0.05, 0.1) is 0 Å². The Balaban J connectivity index is 2.89. The van der Waals surface area contributed by atoms with Gasteiger partial charge in [-0.15, -0.1) is 0 Å². The smallest absolute Gasteiger partial charge is 0.0453 e. The quantitative estimate of drug-likeness (QED) is 0.851. The maximum atomic E-state index is 6.18. The van der Waals surface area contributed by atoms with Gasteiger partial charge >= 0.3 is 0 Å². The van der Waals surface area contributed by atoms with Crippen LogP contribution in [0.2, 0.25) is 10.0 Å². The van der Waals surface area contributed by atoms with Crippen LogP contribution in [0.4, 0.5) is 0 Å². The van der Waals surface area contributed by atoms with Gasteiger partial charge in [0.2, 0.25) is 0 Å². The Labute approximate surface area is 102 Å². The second kappa shape index (κ2) is 5.20. The zero-order valence-corrected chi connectivity index (χ0v) is 10.7. The molecule has 15 heavy (non-hydrogen) atoms. The molecule has 0 aliphatic carbocycles. The molecule has 0 radical (unpaired) electrons. The molecule has 0 amide bonds. The van der Waals surface area contributed by atoms with Crippen molar-refractivity contribution in [2.24, 2.45) is 5.73 Å². The molecule has 1 rings (SSSR count). The average Bonchev–Trinajstić information content (AvgIpc) is 2.11. The topological polar surface area (TPSA) is 26.0 Å². The van der Waals surface area contributed by atoms with Crippen LogP contribution in [0.3, 0.4) is 0 Å². The monoisotopic (exact) mass is 245 g/mol. The van der Waals surface area contributed by atoms with Crippen LogP contribution in [0.15, 0.2) is 18.2 Å². The first-order valence-corrected chi connectivity index (χ1v) is 5.93. The van der Waals surface area contributed by atoms with E-state index in [9.17, 15) is 0 Å². The van der Waals surface area contributed by atoms with Gasteiger partial charge in [-0.1, -0.05) is 42.6 Å². The first kappa shape index (κ1) is 12.8. The fourth-order valence-corrected chi connectivity index (χ4v) is 2.30. The number of hydrogen-bond acceptors (Lipinski definition) is 1. The summed E-state index contributed by atoms with van der Waals surface area (Å²) in [6, 6.07) is 5.55. The lowest BCUT2D eigenvalue weighted by Crippen LogP contribution is -2.38. The standard InChI is InChI=1S/C12H17Cl2N/c1-3-7-12(2,15)8-9-10(13)5-4-6-11(9)14/h4-6H,3,7-8,15H2,1-2H3. The number of benzene rings is 1. The summed E-state index contributed by atoms with van der Waals surface area (Å²) >= 11 is 12.2. The first-order chi connectivity index (χ1) is 6.96. The van der Waals surface area contributed by atoms with Crippen LogP contribution < -0.4 is 5.73 Å². The first-order valence-electron chi connectivity index (χ1n) is 5.18. The highest BCUT2D eigenvalue weighted by Gasteiger charge is 2.20. The van der Waals surface area contributed by atoms with Gasteiger partial charge in [0.15, 0.2) is 0 Å². The summed E-state index contributed by atoms with van der Waals surface area (Å²) in [6.45, 7) is 4.16. The predicted molar refractivity (Wildman–Crippen MR) is 67.7 cm³/mol. The fourth-order valence-electron chi connectivity index (χ4n) is 1.76. The van der Waals surface area contributed by atoms with Crippen LogP contribution >= 0.6 is 23.2 Å². The van der Waals surface area contributed by atoms with Gasteiger partial charge in [0.25, 0.3) is 0 Å². The molecule has 0 spiro atoms. The zero-order valence-electron chi connectivity index (χ0n) is 9.19. The highest BCUT2D eigenvalue weighted by atomic mass is 35.5. The molecule has 0 aliphatic rings. The lowest BCUT2D eigenvalue weighted by molar-refractivity contribution is 0.425. The van der Waals surface area contributed by atoms with Crippen molar-refractivity contribution < 1.29 is 0 Å². The molecule has 1 unspecified atom stereocenters. The molecule has 0 saturated carbocycles. The van der Waals surface area contributed by atoms with Crippen LogP contribution in [0, 0.1) is 0 Å². The Morgan fingerprint density at radius 2 is 1.80 bits per heavy atom. The second-order valence-electron chi connectivity index (χ2n) is 4.28. The molecule has 1 aromatic carbocycles. The molecule has 2 N–H and O–H groups in total. The number of halogens is 2. The van der Waals surface area contributed by atoms with E-state index < -0.39 is 0 Å². The minimum Gasteiger partial charge on any atom is -0.325 e. The van der Waals surface area contributed by atoms with E-state index in [1.165, 1.54) is 0 Å². The van der Waals surface area contributed by atoms with Crippen LogP contribution in [-0.4, -0.2) is 5.54 Å². The SMILES string of the molecule is CCCC(C)(N)Cc1c(Cl)cccc1Cl. The summed E-state index contributed by atoms with van der Waals surface area (Å²) in [5.41, 5.74) is 6.90. The molecule has 0 fully saturated rings. The van der Waals surface area contributed by atoms with Gasteiger partial charge in [-0.25, -0.2) is 0 Å². The van der Waals surface area contributed by atoms with E-state index in [2.05, 4.69) is 6.92 Å². The van der Waals surface area contributed by atoms with Crippen molar-refractivity contribution in [1.29, 1.82) is 0 Å². The molecule has 1 aromatic rings. The maximum absolute atomic E-state index is 6.18. The van der Waals surface area contributed by atoms with Crippen molar-refractivity contribution in [2.45, 2.75) is 38.6 Å². The summed E-state index contributed by atoms with van der Waals surface area (Å²) < 4.78 is 0. The molecule has 0 saturated heterocycles. The summed E-state index contributed by atoms with van der Waals surface area (Å²) in [6.07, 6.45) is 2.75. The van der Waals surface area contributed by atoms with Crippen LogP contribution in [0.1, 0.15) is 32.3 Å². The summed E-state index contributed by atoms with van der Waals surface area (Å²) in [7, 11) is 0. The third-order valence-electron chi connectivity index (χ3n) is 2.46. The normalized spacial score (nSPS) is 15.0. The Kier molecular flexibility index (Phi) is 4.45. The van der Waals surface area contributed by atoms with Crippen molar-refractivity contribution in [3.05, 3.63) is 33.8 Å². The minimum absolute atomic E-state index is 0.233. The van der Waals surface area contributed by atoms with Crippen molar-refractivity contribution >= 4 is 23.2 Å². The molecular weight excluding hydrogens is 229 g/mol. The van der Waals surface area contributed by atoms with Crippen molar-refractivity contribution in [3.8, 4) is 0 Å². The fraction of sp³-hybridized carbons (Fsp3) is 0.500. The second-order valence-corrected chi connectivity index (χ2v) is 5.10. The van der Waals surface area contributed by atoms with E-state index in [0.717, 1.165) is 24.8 Å². The molecular formula is C12H17Cl2N. The minimum atomic E-state index is -0.233. The number of nitrogens with two attached hydrogens (primary N) is 1. The third-order valence-corrected chi connectivity index (χ3v) is 3.17. The Bertz CT molecular complexity index is 314. The third kappa shape index (κ3) is 3.67. The highest BCUT2D eigenvalue weighted by Crippen LogP contribution is 2.28. The van der Waals surface area contributed by atoms with Gasteiger partial charge in [-0.05, 0) is 37.5 Å². The number of rotatable bonds is 4. The molecule has 84 valence electrons. The van der Waals surface area contributed by atoms with Crippen molar-refractivity contribution in [2.75, 3.05) is 0 Å². The van der Waals surface area contributed by atoms with E-state index in [-0.39, 0.29) is 5.54 Å². The van der Waals surface area contributed by atoms with E-state index in [1.54, 1.807) is 0 Å². The van der Waals surface area contributed by atoms with Crippen LogP contribution in [-0.2, 0) is 6.42 Å². The van der Waals surface area contributed by atoms with Crippen LogP contribution in [0.25, 0.3) is 0 Å². The van der Waals surface area contributed by atoms with Crippen molar-refractivity contribution in [3.63, 3.8) is 0 Å². The summed E-state index contributed by atoms with van der Waals surface area (Å²) in [5.74, 6) is 0. The van der Waals surface area contributed by atoms with E-state index in [4.69, 9.17) is 28.9 Å². The number of hydrogen-bond donors (Lipinski definition) is 1. The van der Waals surface area contributed by atoms with E-state index in [1.807, 2.05) is 25.1 Å². The lowest BCUT2D eigenvalue weighted by Gasteiger charge is -2.25. The average molecular weight is 246 g/mol. The van der Waals surface area contributed by atoms with E-state index in [0.29, 0.717) is 10.0 Å². The molecule has 0 bridgehead atoms. The molecule has 1 atom stereocenters. The van der Waals surface area contributed by atoms with Gasteiger partial charge in [0, 0.05) is 15.6 Å².